The van der Waals surface area contributed by atoms with E-state index in [1.807, 2.05) is 24.3 Å². The number of thiazole rings is 1. The minimum atomic E-state index is -0.0805. The summed E-state index contributed by atoms with van der Waals surface area (Å²) >= 11 is 1.60. The Morgan fingerprint density at radius 1 is 1.48 bits per heavy atom. The number of amides is 1. The highest BCUT2D eigenvalue weighted by molar-refractivity contribution is 7.18. The molecule has 5 nitrogen and oxygen atoms in total. The van der Waals surface area contributed by atoms with Crippen molar-refractivity contribution >= 4 is 27.5 Å². The predicted octanol–water partition coefficient (Wildman–Crippen LogP) is 1.97. The first-order valence-corrected chi connectivity index (χ1v) is 7.89. The standard InChI is InChI=1S/C15H18N2O3S/c18-14(16-7-11-5-6-19-8-11)9-20-10-15-17-12-3-1-2-4-13(12)21-15/h1-4,11H,5-10H2,(H,16,18). The molecule has 112 valence electrons. The van der Waals surface area contributed by atoms with Gasteiger partial charge in [0.1, 0.15) is 11.6 Å². The van der Waals surface area contributed by atoms with Crippen LogP contribution < -0.4 is 5.32 Å². The lowest BCUT2D eigenvalue weighted by atomic mass is 10.1. The summed E-state index contributed by atoms with van der Waals surface area (Å²) in [6, 6.07) is 7.97. The Labute approximate surface area is 127 Å². The summed E-state index contributed by atoms with van der Waals surface area (Å²) in [6.07, 6.45) is 1.02. The smallest absolute Gasteiger partial charge is 0.246 e. The molecule has 6 heteroatoms. The average Bonchev–Trinajstić information content (AvgIpc) is 3.14. The molecule has 0 radical (unpaired) electrons. The van der Waals surface area contributed by atoms with Gasteiger partial charge >= 0.3 is 0 Å². The summed E-state index contributed by atoms with van der Waals surface area (Å²) in [4.78, 5) is 16.1. The van der Waals surface area contributed by atoms with Crippen LogP contribution in [0.1, 0.15) is 11.4 Å². The Kier molecular flexibility index (Phi) is 4.80. The quantitative estimate of drug-likeness (QED) is 0.886. The van der Waals surface area contributed by atoms with Gasteiger partial charge in [0.2, 0.25) is 5.91 Å². The molecule has 1 amide bonds. The lowest BCUT2D eigenvalue weighted by Crippen LogP contribution is -2.32. The highest BCUT2D eigenvalue weighted by atomic mass is 32.1. The van der Waals surface area contributed by atoms with Crippen molar-refractivity contribution in [2.24, 2.45) is 5.92 Å². The van der Waals surface area contributed by atoms with Crippen LogP contribution in [0.5, 0.6) is 0 Å². The van der Waals surface area contributed by atoms with E-state index in [1.165, 1.54) is 0 Å². The third kappa shape index (κ3) is 4.00. The molecule has 1 aliphatic rings. The zero-order chi connectivity index (χ0) is 14.5. The Bertz CT molecular complexity index is 575. The van der Waals surface area contributed by atoms with Crippen molar-refractivity contribution in [3.05, 3.63) is 29.3 Å². The number of nitrogens with zero attached hydrogens (tertiary/aromatic N) is 1. The van der Waals surface area contributed by atoms with Gasteiger partial charge in [0, 0.05) is 19.1 Å². The van der Waals surface area contributed by atoms with Gasteiger partial charge in [-0.2, -0.15) is 0 Å². The molecule has 1 aromatic carbocycles. The highest BCUT2D eigenvalue weighted by Gasteiger charge is 2.16. The summed E-state index contributed by atoms with van der Waals surface area (Å²) < 4.78 is 11.8. The molecule has 1 atom stereocenters. The number of ether oxygens (including phenoxy) is 2. The number of fused-ring (bicyclic) bond motifs is 1. The fourth-order valence-corrected chi connectivity index (χ4v) is 3.17. The van der Waals surface area contributed by atoms with Crippen molar-refractivity contribution in [1.29, 1.82) is 0 Å². The van der Waals surface area contributed by atoms with E-state index >= 15 is 0 Å². The molecule has 2 heterocycles. The predicted molar refractivity (Wildman–Crippen MR) is 81.2 cm³/mol. The molecule has 1 N–H and O–H groups in total. The average molecular weight is 306 g/mol. The largest absolute Gasteiger partial charge is 0.381 e. The molecule has 2 aromatic rings. The van der Waals surface area contributed by atoms with Crippen LogP contribution >= 0.6 is 11.3 Å². The number of hydrogen-bond donors (Lipinski definition) is 1. The molecular formula is C15H18N2O3S. The SMILES string of the molecule is O=C(COCc1nc2ccccc2s1)NCC1CCOC1. The molecule has 0 saturated carbocycles. The molecule has 1 saturated heterocycles. The molecule has 3 rings (SSSR count). The molecule has 1 aromatic heterocycles. The Hall–Kier alpha value is -1.50. The van der Waals surface area contributed by atoms with Gasteiger partial charge in [-0.05, 0) is 18.6 Å². The number of hydrogen-bond acceptors (Lipinski definition) is 5. The summed E-state index contributed by atoms with van der Waals surface area (Å²) in [5.74, 6) is 0.362. The maximum absolute atomic E-state index is 11.7. The lowest BCUT2D eigenvalue weighted by molar-refractivity contribution is -0.126. The normalized spacial score (nSPS) is 18.2. The van der Waals surface area contributed by atoms with Gasteiger partial charge in [-0.3, -0.25) is 4.79 Å². The minimum absolute atomic E-state index is 0.0729. The van der Waals surface area contributed by atoms with Crippen molar-refractivity contribution < 1.29 is 14.3 Å². The van der Waals surface area contributed by atoms with Gasteiger partial charge in [0.25, 0.3) is 0 Å². The second kappa shape index (κ2) is 6.98. The van der Waals surface area contributed by atoms with Crippen LogP contribution in [0.25, 0.3) is 10.2 Å². The van der Waals surface area contributed by atoms with E-state index in [0.717, 1.165) is 34.9 Å². The van der Waals surface area contributed by atoms with Gasteiger partial charge < -0.3 is 14.8 Å². The second-order valence-corrected chi connectivity index (χ2v) is 6.22. The van der Waals surface area contributed by atoms with Crippen LogP contribution in [-0.2, 0) is 20.9 Å². The number of benzene rings is 1. The number of carbonyl (C=O) groups is 1. The van der Waals surface area contributed by atoms with Gasteiger partial charge in [-0.25, -0.2) is 4.98 Å². The first-order chi connectivity index (χ1) is 10.3. The van der Waals surface area contributed by atoms with Gasteiger partial charge in [-0.15, -0.1) is 11.3 Å². The van der Waals surface area contributed by atoms with Crippen molar-refractivity contribution in [2.75, 3.05) is 26.4 Å². The number of rotatable bonds is 6. The summed E-state index contributed by atoms with van der Waals surface area (Å²) in [6.45, 7) is 2.66. The summed E-state index contributed by atoms with van der Waals surface area (Å²) in [5.41, 5.74) is 0.979. The van der Waals surface area contributed by atoms with E-state index in [0.29, 0.717) is 19.1 Å². The molecule has 0 spiro atoms. The van der Waals surface area contributed by atoms with Crippen molar-refractivity contribution in [3.8, 4) is 0 Å². The van der Waals surface area contributed by atoms with Gasteiger partial charge in [-0.1, -0.05) is 12.1 Å². The molecular weight excluding hydrogens is 288 g/mol. The maximum atomic E-state index is 11.7. The Balaban J connectivity index is 1.39. The van der Waals surface area contributed by atoms with Crippen molar-refractivity contribution in [1.82, 2.24) is 10.3 Å². The molecule has 0 bridgehead atoms. The first kappa shape index (κ1) is 14.4. The lowest BCUT2D eigenvalue weighted by Gasteiger charge is -2.09. The highest BCUT2D eigenvalue weighted by Crippen LogP contribution is 2.21. The van der Waals surface area contributed by atoms with Crippen LogP contribution in [0.2, 0.25) is 0 Å². The first-order valence-electron chi connectivity index (χ1n) is 7.08. The van der Waals surface area contributed by atoms with Crippen LogP contribution in [0.4, 0.5) is 0 Å². The zero-order valence-electron chi connectivity index (χ0n) is 11.7. The van der Waals surface area contributed by atoms with Crippen molar-refractivity contribution in [3.63, 3.8) is 0 Å². The molecule has 21 heavy (non-hydrogen) atoms. The van der Waals surface area contributed by atoms with E-state index in [4.69, 9.17) is 9.47 Å². The third-order valence-electron chi connectivity index (χ3n) is 3.41. The van der Waals surface area contributed by atoms with E-state index in [9.17, 15) is 4.79 Å². The second-order valence-electron chi connectivity index (χ2n) is 5.10. The monoisotopic (exact) mass is 306 g/mol. The van der Waals surface area contributed by atoms with E-state index in [1.54, 1.807) is 11.3 Å². The summed E-state index contributed by atoms with van der Waals surface area (Å²) in [7, 11) is 0. The van der Waals surface area contributed by atoms with Crippen LogP contribution in [0, 0.1) is 5.92 Å². The number of carbonyl (C=O) groups excluding carboxylic acids is 1. The summed E-state index contributed by atoms with van der Waals surface area (Å²) in [5, 5.41) is 3.77. The topological polar surface area (TPSA) is 60.5 Å². The number of para-hydroxylation sites is 1. The fourth-order valence-electron chi connectivity index (χ4n) is 2.27. The van der Waals surface area contributed by atoms with Crippen LogP contribution in [-0.4, -0.2) is 37.3 Å². The van der Waals surface area contributed by atoms with Crippen LogP contribution in [0.3, 0.4) is 0 Å². The van der Waals surface area contributed by atoms with Gasteiger partial charge in [0.05, 0.1) is 23.4 Å². The Morgan fingerprint density at radius 3 is 3.19 bits per heavy atom. The number of aromatic nitrogens is 1. The molecule has 1 fully saturated rings. The minimum Gasteiger partial charge on any atom is -0.381 e. The molecule has 0 aliphatic carbocycles. The van der Waals surface area contributed by atoms with Crippen LogP contribution in [0.15, 0.2) is 24.3 Å². The maximum Gasteiger partial charge on any atom is 0.246 e. The zero-order valence-corrected chi connectivity index (χ0v) is 12.5. The molecule has 1 aliphatic heterocycles. The van der Waals surface area contributed by atoms with Gasteiger partial charge in [0.15, 0.2) is 0 Å². The fraction of sp³-hybridized carbons (Fsp3) is 0.467. The van der Waals surface area contributed by atoms with Crippen molar-refractivity contribution in [2.45, 2.75) is 13.0 Å². The van der Waals surface area contributed by atoms with E-state index < -0.39 is 0 Å². The Morgan fingerprint density at radius 2 is 2.38 bits per heavy atom. The van der Waals surface area contributed by atoms with E-state index in [2.05, 4.69) is 10.3 Å². The number of nitrogens with one attached hydrogen (secondary N) is 1. The third-order valence-corrected chi connectivity index (χ3v) is 4.42. The van der Waals surface area contributed by atoms with E-state index in [-0.39, 0.29) is 12.5 Å². The molecule has 1 unspecified atom stereocenters.